The summed E-state index contributed by atoms with van der Waals surface area (Å²) in [7, 11) is 1.60. The van der Waals surface area contributed by atoms with E-state index >= 15 is 0 Å². The molecule has 0 saturated carbocycles. The van der Waals surface area contributed by atoms with Crippen LogP contribution in [0.5, 0.6) is 0 Å². The lowest BCUT2D eigenvalue weighted by atomic mass is 9.96. The van der Waals surface area contributed by atoms with E-state index in [4.69, 9.17) is 0 Å². The third kappa shape index (κ3) is 2.59. The number of aromatic nitrogens is 2. The van der Waals surface area contributed by atoms with Gasteiger partial charge in [-0.2, -0.15) is 18.3 Å². The molecule has 1 N–H and O–H groups in total. The van der Waals surface area contributed by atoms with Gasteiger partial charge in [-0.25, -0.2) is 4.79 Å². The second-order valence-corrected chi connectivity index (χ2v) is 5.02. The highest BCUT2D eigenvalue weighted by molar-refractivity contribution is 5.94. The van der Waals surface area contributed by atoms with Gasteiger partial charge in [0.25, 0.3) is 0 Å². The smallest absolute Gasteiger partial charge is 0.391 e. The van der Waals surface area contributed by atoms with Gasteiger partial charge >= 0.3 is 12.1 Å². The van der Waals surface area contributed by atoms with Crippen molar-refractivity contribution in [1.29, 1.82) is 0 Å². The van der Waals surface area contributed by atoms with Crippen molar-refractivity contribution in [3.05, 3.63) is 11.3 Å². The highest BCUT2D eigenvalue weighted by Crippen LogP contribution is 2.36. The zero-order valence-corrected chi connectivity index (χ0v) is 11.2. The van der Waals surface area contributed by atoms with Crippen LogP contribution in [-0.4, -0.2) is 40.1 Å². The molecule has 112 valence electrons. The number of halogens is 3. The summed E-state index contributed by atoms with van der Waals surface area (Å²) in [4.78, 5) is 12.9. The van der Waals surface area contributed by atoms with Crippen molar-refractivity contribution in [3.63, 3.8) is 0 Å². The van der Waals surface area contributed by atoms with Crippen LogP contribution >= 0.6 is 0 Å². The molecule has 8 heteroatoms. The summed E-state index contributed by atoms with van der Waals surface area (Å²) in [5, 5.41) is 13.3. The van der Waals surface area contributed by atoms with Crippen molar-refractivity contribution in [2.24, 2.45) is 13.0 Å². The van der Waals surface area contributed by atoms with Crippen LogP contribution in [0.25, 0.3) is 0 Å². The van der Waals surface area contributed by atoms with E-state index in [2.05, 4.69) is 5.10 Å². The van der Waals surface area contributed by atoms with Gasteiger partial charge in [-0.3, -0.25) is 4.68 Å². The normalized spacial score (nSPS) is 17.6. The van der Waals surface area contributed by atoms with E-state index in [0.717, 1.165) is 0 Å². The van der Waals surface area contributed by atoms with Crippen LogP contribution < -0.4 is 4.90 Å². The first-order valence-electron chi connectivity index (χ1n) is 6.30. The summed E-state index contributed by atoms with van der Waals surface area (Å²) < 4.78 is 39.3. The van der Waals surface area contributed by atoms with E-state index in [1.165, 1.54) is 4.68 Å². The van der Waals surface area contributed by atoms with Crippen molar-refractivity contribution >= 4 is 11.8 Å². The predicted molar refractivity (Wildman–Crippen MR) is 65.9 cm³/mol. The van der Waals surface area contributed by atoms with Gasteiger partial charge in [0, 0.05) is 20.1 Å². The number of carbonyl (C=O) groups is 1. The molecule has 1 saturated heterocycles. The Hall–Kier alpha value is -1.73. The van der Waals surface area contributed by atoms with E-state index in [0.29, 0.717) is 11.5 Å². The molecule has 1 fully saturated rings. The van der Waals surface area contributed by atoms with Crippen LogP contribution in [0.3, 0.4) is 0 Å². The lowest BCUT2D eigenvalue weighted by molar-refractivity contribution is -0.179. The average molecular weight is 291 g/mol. The molecule has 0 amide bonds. The van der Waals surface area contributed by atoms with Crippen molar-refractivity contribution in [1.82, 2.24) is 9.78 Å². The molecule has 0 radical (unpaired) electrons. The summed E-state index contributed by atoms with van der Waals surface area (Å²) in [5.74, 6) is -2.03. The Balaban J connectivity index is 2.21. The molecule has 1 aliphatic heterocycles. The Morgan fingerprint density at radius 2 is 1.90 bits per heavy atom. The first-order valence-corrected chi connectivity index (χ1v) is 6.30. The fourth-order valence-corrected chi connectivity index (χ4v) is 2.68. The third-order valence-corrected chi connectivity index (χ3v) is 3.66. The molecule has 0 unspecified atom stereocenters. The molecule has 20 heavy (non-hydrogen) atoms. The van der Waals surface area contributed by atoms with Crippen LogP contribution in [0.4, 0.5) is 19.0 Å². The van der Waals surface area contributed by atoms with Gasteiger partial charge in [-0.15, -0.1) is 0 Å². The van der Waals surface area contributed by atoms with E-state index in [9.17, 15) is 23.1 Å². The third-order valence-electron chi connectivity index (χ3n) is 3.66. The van der Waals surface area contributed by atoms with Crippen molar-refractivity contribution in [2.75, 3.05) is 18.0 Å². The highest BCUT2D eigenvalue weighted by atomic mass is 19.4. The SMILES string of the molecule is Cc1nn(C)c(N2CCC(C(F)(F)F)CC2)c1C(=O)O. The molecule has 1 aliphatic rings. The van der Waals surface area contributed by atoms with E-state index < -0.39 is 18.1 Å². The van der Waals surface area contributed by atoms with Crippen LogP contribution in [-0.2, 0) is 7.05 Å². The molecule has 1 aromatic heterocycles. The predicted octanol–water partition coefficient (Wildman–Crippen LogP) is 2.21. The maximum Gasteiger partial charge on any atom is 0.391 e. The quantitative estimate of drug-likeness (QED) is 0.907. The minimum absolute atomic E-state index is 0.0210. The van der Waals surface area contributed by atoms with Gasteiger partial charge in [0.1, 0.15) is 11.4 Å². The van der Waals surface area contributed by atoms with E-state index in [1.54, 1.807) is 18.9 Å². The molecule has 0 spiro atoms. The molecule has 2 heterocycles. The first kappa shape index (κ1) is 14.7. The molecule has 5 nitrogen and oxygen atoms in total. The van der Waals surface area contributed by atoms with Crippen molar-refractivity contribution in [3.8, 4) is 0 Å². The Morgan fingerprint density at radius 1 is 1.35 bits per heavy atom. The zero-order valence-electron chi connectivity index (χ0n) is 11.2. The lowest BCUT2D eigenvalue weighted by Gasteiger charge is -2.34. The van der Waals surface area contributed by atoms with E-state index in [-0.39, 0.29) is 31.5 Å². The Labute approximate surface area is 114 Å². The number of rotatable bonds is 2. The maximum atomic E-state index is 12.6. The molecule has 0 aliphatic carbocycles. The number of anilines is 1. The van der Waals surface area contributed by atoms with Crippen molar-refractivity contribution < 1.29 is 23.1 Å². The topological polar surface area (TPSA) is 58.4 Å². The van der Waals surface area contributed by atoms with Gasteiger partial charge in [-0.05, 0) is 19.8 Å². The van der Waals surface area contributed by atoms with Gasteiger partial charge in [0.2, 0.25) is 0 Å². The molecule has 0 aromatic carbocycles. The molecule has 0 bridgehead atoms. The van der Waals surface area contributed by atoms with Crippen LogP contribution in [0, 0.1) is 12.8 Å². The van der Waals surface area contributed by atoms with Crippen LogP contribution in [0.1, 0.15) is 28.9 Å². The lowest BCUT2D eigenvalue weighted by Crippen LogP contribution is -2.40. The van der Waals surface area contributed by atoms with E-state index in [1.807, 2.05) is 0 Å². The summed E-state index contributed by atoms with van der Waals surface area (Å²) >= 11 is 0. The highest BCUT2D eigenvalue weighted by Gasteiger charge is 2.41. The van der Waals surface area contributed by atoms with Gasteiger partial charge < -0.3 is 10.0 Å². The van der Waals surface area contributed by atoms with Gasteiger partial charge in [-0.1, -0.05) is 0 Å². The summed E-state index contributed by atoms with van der Waals surface area (Å²) in [5.41, 5.74) is 0.436. The number of hydrogen-bond acceptors (Lipinski definition) is 3. The van der Waals surface area contributed by atoms with Gasteiger partial charge in [0.05, 0.1) is 11.6 Å². The van der Waals surface area contributed by atoms with Gasteiger partial charge in [0.15, 0.2) is 0 Å². The summed E-state index contributed by atoms with van der Waals surface area (Å²) in [6, 6.07) is 0. The minimum Gasteiger partial charge on any atom is -0.477 e. The largest absolute Gasteiger partial charge is 0.477 e. The second-order valence-electron chi connectivity index (χ2n) is 5.02. The zero-order chi connectivity index (χ0) is 15.1. The molecule has 0 atom stereocenters. The maximum absolute atomic E-state index is 12.6. The fourth-order valence-electron chi connectivity index (χ4n) is 2.68. The number of hydrogen-bond donors (Lipinski definition) is 1. The fraction of sp³-hybridized carbons (Fsp3) is 0.667. The average Bonchev–Trinajstić information content (AvgIpc) is 2.63. The number of carboxylic acids is 1. The summed E-state index contributed by atoms with van der Waals surface area (Å²) in [6.07, 6.45) is -4.22. The molecule has 1 aromatic rings. The number of aromatic carboxylic acids is 1. The monoisotopic (exact) mass is 291 g/mol. The van der Waals surface area contributed by atoms with Crippen LogP contribution in [0.2, 0.25) is 0 Å². The Kier molecular flexibility index (Phi) is 3.66. The minimum atomic E-state index is -4.18. The standard InChI is InChI=1S/C12H16F3N3O2/c1-7-9(11(19)20)10(17(2)16-7)18-5-3-8(4-6-18)12(13,14)15/h8H,3-6H2,1-2H3,(H,19,20). The number of aryl methyl sites for hydroxylation is 2. The van der Waals surface area contributed by atoms with Crippen LogP contribution in [0.15, 0.2) is 0 Å². The summed E-state index contributed by atoms with van der Waals surface area (Å²) in [6.45, 7) is 1.95. The second kappa shape index (κ2) is 4.99. The van der Waals surface area contributed by atoms with Crippen molar-refractivity contribution in [2.45, 2.75) is 25.9 Å². The molecular weight excluding hydrogens is 275 g/mol. The molecular formula is C12H16F3N3O2. The number of nitrogens with zero attached hydrogens (tertiary/aromatic N) is 3. The first-order chi connectivity index (χ1) is 9.21. The Bertz CT molecular complexity index is 517. The Morgan fingerprint density at radius 3 is 2.35 bits per heavy atom. The number of carboxylic acid groups (broad SMARTS) is 1. The number of piperidine rings is 1. The molecule has 2 rings (SSSR count). The number of alkyl halides is 3.